The summed E-state index contributed by atoms with van der Waals surface area (Å²) in [6.07, 6.45) is 0. The summed E-state index contributed by atoms with van der Waals surface area (Å²) in [5, 5.41) is 0. The first-order valence-electron chi connectivity index (χ1n) is 6.44. The van der Waals surface area contributed by atoms with E-state index in [0.717, 1.165) is 12.1 Å². The summed E-state index contributed by atoms with van der Waals surface area (Å²) in [6, 6.07) is 7.21. The van der Waals surface area contributed by atoms with Gasteiger partial charge in [0.05, 0.1) is 5.69 Å². The number of hydrogen-bond acceptors (Lipinski definition) is 4. The van der Waals surface area contributed by atoms with E-state index in [4.69, 9.17) is 4.74 Å². The minimum Gasteiger partial charge on any atom is -0.755 e. The number of ketones is 1. The van der Waals surface area contributed by atoms with E-state index in [9.17, 15) is 22.3 Å². The number of benzene rings is 2. The molecule has 1 atom stereocenters. The van der Waals surface area contributed by atoms with Crippen molar-refractivity contribution in [3.05, 3.63) is 59.2 Å². The Morgan fingerprint density at radius 3 is 2.61 bits per heavy atom. The predicted octanol–water partition coefficient (Wildman–Crippen LogP) is 2.95. The van der Waals surface area contributed by atoms with Gasteiger partial charge in [-0.1, -0.05) is 12.1 Å². The van der Waals surface area contributed by atoms with Gasteiger partial charge in [0, 0.05) is 28.5 Å². The van der Waals surface area contributed by atoms with Gasteiger partial charge in [0.25, 0.3) is 0 Å². The number of ether oxygens (including phenoxy) is 1. The molecule has 1 unspecified atom stereocenters. The monoisotopic (exact) mass is 340 g/mol. The highest BCUT2D eigenvalue weighted by atomic mass is 32.2. The molecule has 0 aliphatic rings. The molecule has 0 heterocycles. The molecule has 0 amide bonds. The lowest BCUT2D eigenvalue weighted by atomic mass is 10.1. The molecule has 0 aliphatic carbocycles. The van der Waals surface area contributed by atoms with Crippen molar-refractivity contribution in [1.29, 1.82) is 0 Å². The molecule has 122 valence electrons. The average Bonchev–Trinajstić information content (AvgIpc) is 2.46. The van der Waals surface area contributed by atoms with Crippen molar-refractivity contribution < 1.29 is 27.1 Å². The Morgan fingerprint density at radius 2 is 2.00 bits per heavy atom. The molecule has 0 radical (unpaired) electrons. The molecule has 2 aromatic rings. The van der Waals surface area contributed by atoms with Gasteiger partial charge in [-0.25, -0.2) is 8.78 Å². The van der Waals surface area contributed by atoms with E-state index < -0.39 is 22.9 Å². The standard InChI is InChI=1S/C15H13F2NO4S/c1-9(19)10-2-3-11(14(6-10)18-23(20)21)8-22-15-5-4-12(16)7-13(15)17/h2-7,18H,8H2,1H3,(H,20,21)/p-1. The Morgan fingerprint density at radius 1 is 1.26 bits per heavy atom. The maximum atomic E-state index is 13.5. The highest BCUT2D eigenvalue weighted by molar-refractivity contribution is 7.80. The van der Waals surface area contributed by atoms with Crippen LogP contribution in [0.15, 0.2) is 36.4 Å². The Kier molecular flexibility index (Phi) is 5.41. The van der Waals surface area contributed by atoms with Gasteiger partial charge < -0.3 is 14.0 Å². The van der Waals surface area contributed by atoms with Crippen LogP contribution in [0.1, 0.15) is 22.8 Å². The van der Waals surface area contributed by atoms with Gasteiger partial charge in [-0.2, -0.15) is 0 Å². The summed E-state index contributed by atoms with van der Waals surface area (Å²) < 4.78 is 55.4. The van der Waals surface area contributed by atoms with Gasteiger partial charge in [0.1, 0.15) is 12.4 Å². The van der Waals surface area contributed by atoms with Crippen molar-refractivity contribution in [2.75, 3.05) is 4.72 Å². The zero-order valence-corrected chi connectivity index (χ0v) is 12.8. The molecule has 2 aromatic carbocycles. The first-order valence-corrected chi connectivity index (χ1v) is 7.52. The molecule has 0 aliphatic heterocycles. The molecule has 0 bridgehead atoms. The van der Waals surface area contributed by atoms with Gasteiger partial charge >= 0.3 is 0 Å². The van der Waals surface area contributed by atoms with Crippen LogP contribution in [-0.4, -0.2) is 14.5 Å². The summed E-state index contributed by atoms with van der Waals surface area (Å²) >= 11 is -2.59. The highest BCUT2D eigenvalue weighted by Gasteiger charge is 2.10. The van der Waals surface area contributed by atoms with Crippen LogP contribution in [0, 0.1) is 11.6 Å². The van der Waals surface area contributed by atoms with E-state index in [1.54, 1.807) is 0 Å². The summed E-state index contributed by atoms with van der Waals surface area (Å²) in [5.41, 5.74) is 0.853. The molecule has 0 spiro atoms. The first-order chi connectivity index (χ1) is 10.9. The van der Waals surface area contributed by atoms with Crippen LogP contribution in [0.3, 0.4) is 0 Å². The molecule has 5 nitrogen and oxygen atoms in total. The number of nitrogens with one attached hydrogen (secondary N) is 1. The normalized spacial score (nSPS) is 11.8. The van der Waals surface area contributed by atoms with E-state index in [1.165, 1.54) is 25.1 Å². The predicted molar refractivity (Wildman–Crippen MR) is 79.7 cm³/mol. The van der Waals surface area contributed by atoms with Gasteiger partial charge in [-0.3, -0.25) is 9.00 Å². The molecule has 0 saturated heterocycles. The molecule has 0 fully saturated rings. The lowest BCUT2D eigenvalue weighted by molar-refractivity contribution is 0.101. The summed E-state index contributed by atoms with van der Waals surface area (Å²) in [5.74, 6) is -2.00. The van der Waals surface area contributed by atoms with Gasteiger partial charge in [-0.05, 0) is 25.1 Å². The molecule has 1 N–H and O–H groups in total. The highest BCUT2D eigenvalue weighted by Crippen LogP contribution is 2.23. The summed E-state index contributed by atoms with van der Waals surface area (Å²) in [6.45, 7) is 1.18. The molecule has 8 heteroatoms. The molecule has 23 heavy (non-hydrogen) atoms. The van der Waals surface area contributed by atoms with E-state index in [-0.39, 0.29) is 23.8 Å². The van der Waals surface area contributed by atoms with Crippen LogP contribution in [0.4, 0.5) is 14.5 Å². The van der Waals surface area contributed by atoms with Crippen molar-refractivity contribution in [2.24, 2.45) is 0 Å². The topological polar surface area (TPSA) is 78.5 Å². The van der Waals surface area contributed by atoms with Gasteiger partial charge in [0.15, 0.2) is 17.3 Å². The Balaban J connectivity index is 2.24. The number of carbonyl (C=O) groups is 1. The number of hydrogen-bond donors (Lipinski definition) is 1. The second-order valence-electron chi connectivity index (χ2n) is 4.63. The fourth-order valence-electron chi connectivity index (χ4n) is 1.85. The van der Waals surface area contributed by atoms with Crippen LogP contribution < -0.4 is 9.46 Å². The van der Waals surface area contributed by atoms with Crippen LogP contribution in [0.5, 0.6) is 5.75 Å². The number of rotatable bonds is 6. The van der Waals surface area contributed by atoms with E-state index >= 15 is 0 Å². The summed E-state index contributed by atoms with van der Waals surface area (Å²) in [4.78, 5) is 11.4. The number of anilines is 1. The second kappa shape index (κ2) is 7.30. The second-order valence-corrected chi connectivity index (χ2v) is 5.30. The smallest absolute Gasteiger partial charge is 0.167 e. The largest absolute Gasteiger partial charge is 0.755 e. The lowest BCUT2D eigenvalue weighted by Crippen LogP contribution is -2.08. The van der Waals surface area contributed by atoms with Crippen LogP contribution >= 0.6 is 0 Å². The van der Waals surface area contributed by atoms with Crippen molar-refractivity contribution in [1.82, 2.24) is 0 Å². The number of halogens is 2. The van der Waals surface area contributed by atoms with Crippen LogP contribution in [0.2, 0.25) is 0 Å². The quantitative estimate of drug-likeness (QED) is 0.648. The molecule has 0 saturated carbocycles. The molecule has 2 rings (SSSR count). The van der Waals surface area contributed by atoms with Crippen LogP contribution in [0.25, 0.3) is 0 Å². The first kappa shape index (κ1) is 17.0. The Labute approximate surface area is 133 Å². The van der Waals surface area contributed by atoms with E-state index in [1.807, 2.05) is 0 Å². The zero-order chi connectivity index (χ0) is 17.0. The zero-order valence-electron chi connectivity index (χ0n) is 12.0. The van der Waals surface area contributed by atoms with Gasteiger partial charge in [0.2, 0.25) is 0 Å². The molecule has 0 aromatic heterocycles. The van der Waals surface area contributed by atoms with Crippen molar-refractivity contribution in [3.63, 3.8) is 0 Å². The lowest BCUT2D eigenvalue weighted by Gasteiger charge is -2.15. The minimum atomic E-state index is -2.59. The maximum absolute atomic E-state index is 13.5. The minimum absolute atomic E-state index is 0.147. The third-order valence-electron chi connectivity index (χ3n) is 2.99. The third kappa shape index (κ3) is 4.57. The van der Waals surface area contributed by atoms with Crippen molar-refractivity contribution >= 4 is 22.7 Å². The van der Waals surface area contributed by atoms with Gasteiger partial charge in [-0.15, -0.1) is 0 Å². The molecular formula is C15H12F2NO4S-. The summed E-state index contributed by atoms with van der Waals surface area (Å²) in [7, 11) is 0. The third-order valence-corrected chi connectivity index (χ3v) is 3.37. The Hall–Kier alpha value is -2.32. The number of carbonyl (C=O) groups excluding carboxylic acids is 1. The van der Waals surface area contributed by atoms with E-state index in [0.29, 0.717) is 17.2 Å². The average molecular weight is 340 g/mol. The van der Waals surface area contributed by atoms with E-state index in [2.05, 4.69) is 4.72 Å². The van der Waals surface area contributed by atoms with Crippen molar-refractivity contribution in [3.8, 4) is 5.75 Å². The Bertz CT molecular complexity index is 767. The molecular weight excluding hydrogens is 328 g/mol. The SMILES string of the molecule is CC(=O)c1ccc(COc2ccc(F)cc2F)c(NS(=O)[O-])c1. The van der Waals surface area contributed by atoms with Crippen molar-refractivity contribution in [2.45, 2.75) is 13.5 Å². The number of Topliss-reactive ketones (excluding diaryl/α,β-unsaturated/α-hetero) is 1. The maximum Gasteiger partial charge on any atom is 0.167 e. The fourth-order valence-corrected chi connectivity index (χ4v) is 2.22. The fraction of sp³-hybridized carbons (Fsp3) is 0.133. The van der Waals surface area contributed by atoms with Crippen LogP contribution in [-0.2, 0) is 17.9 Å².